The van der Waals surface area contributed by atoms with Crippen molar-refractivity contribution in [2.45, 2.75) is 15.9 Å². The second kappa shape index (κ2) is 6.49. The summed E-state index contributed by atoms with van der Waals surface area (Å²) in [5.74, 6) is -1.06. The quantitative estimate of drug-likeness (QED) is 0.439. The van der Waals surface area contributed by atoms with Gasteiger partial charge in [-0.3, -0.25) is 4.79 Å². The zero-order chi connectivity index (χ0) is 16.3. The summed E-state index contributed by atoms with van der Waals surface area (Å²) in [6.45, 7) is -0.575. The number of carbonyl (C=O) groups is 1. The lowest BCUT2D eigenvalue weighted by molar-refractivity contribution is -0.125. The predicted molar refractivity (Wildman–Crippen MR) is 73.1 cm³/mol. The Morgan fingerprint density at radius 2 is 1.57 bits per heavy atom. The Balaban J connectivity index is 2.93. The van der Waals surface area contributed by atoms with E-state index in [2.05, 4.69) is 4.72 Å². The summed E-state index contributed by atoms with van der Waals surface area (Å²) in [6, 6.07) is 4.40. The molecule has 118 valence electrons. The Kier molecular flexibility index (Phi) is 5.42. The van der Waals surface area contributed by atoms with Crippen molar-refractivity contribution in [3.8, 4) is 0 Å². The molecule has 9 nitrogen and oxygen atoms in total. The fourth-order valence-corrected chi connectivity index (χ4v) is 3.06. The summed E-state index contributed by atoms with van der Waals surface area (Å²) < 4.78 is 50.8. The lowest BCUT2D eigenvalue weighted by Gasteiger charge is -2.10. The van der Waals surface area contributed by atoms with E-state index in [1.807, 2.05) is 4.72 Å². The normalized spacial score (nSPS) is 13.8. The molecule has 0 aliphatic heterocycles. The van der Waals surface area contributed by atoms with Crippen molar-refractivity contribution in [2.24, 2.45) is 5.73 Å². The van der Waals surface area contributed by atoms with E-state index in [0.29, 0.717) is 0 Å². The second-order valence-electron chi connectivity index (χ2n) is 3.95. The standard InChI is InChI=1S/C10H15N3O6S2/c1-12-20(16,17)7-2-4-8(5-3-7)21(18,19)13-6-9(14)10(11)15/h2-5,9,12-14H,6H2,1H3,(H2,11,15). The number of sulfonamides is 2. The number of benzene rings is 1. The van der Waals surface area contributed by atoms with Gasteiger partial charge in [-0.2, -0.15) is 0 Å². The minimum atomic E-state index is -3.99. The van der Waals surface area contributed by atoms with Gasteiger partial charge >= 0.3 is 0 Å². The van der Waals surface area contributed by atoms with Crippen LogP contribution in [0, 0.1) is 0 Å². The highest BCUT2D eigenvalue weighted by atomic mass is 32.2. The van der Waals surface area contributed by atoms with Gasteiger partial charge in [0, 0.05) is 6.54 Å². The van der Waals surface area contributed by atoms with Gasteiger partial charge in [0.05, 0.1) is 9.79 Å². The SMILES string of the molecule is CNS(=O)(=O)c1ccc(S(=O)(=O)NCC(O)C(N)=O)cc1. The van der Waals surface area contributed by atoms with E-state index in [-0.39, 0.29) is 9.79 Å². The van der Waals surface area contributed by atoms with E-state index < -0.39 is 38.6 Å². The zero-order valence-electron chi connectivity index (χ0n) is 11.0. The monoisotopic (exact) mass is 337 g/mol. The fraction of sp³-hybridized carbons (Fsp3) is 0.300. The van der Waals surface area contributed by atoms with Crippen molar-refractivity contribution in [2.75, 3.05) is 13.6 Å². The van der Waals surface area contributed by atoms with Crippen LogP contribution in [0.25, 0.3) is 0 Å². The smallest absolute Gasteiger partial charge is 0.247 e. The van der Waals surface area contributed by atoms with Crippen LogP contribution >= 0.6 is 0 Å². The summed E-state index contributed by atoms with van der Waals surface area (Å²) in [4.78, 5) is 10.3. The number of carbonyl (C=O) groups excluding carboxylic acids is 1. The number of rotatable bonds is 7. The highest BCUT2D eigenvalue weighted by Crippen LogP contribution is 2.14. The molecule has 11 heteroatoms. The number of nitrogens with two attached hydrogens (primary N) is 1. The number of amides is 1. The van der Waals surface area contributed by atoms with E-state index >= 15 is 0 Å². The molecule has 0 aromatic heterocycles. The molecular formula is C10H15N3O6S2. The summed E-state index contributed by atoms with van der Waals surface area (Å²) in [5, 5.41) is 9.13. The van der Waals surface area contributed by atoms with Crippen molar-refractivity contribution in [1.29, 1.82) is 0 Å². The first kappa shape index (κ1) is 17.5. The van der Waals surface area contributed by atoms with Crippen LogP contribution in [0.5, 0.6) is 0 Å². The van der Waals surface area contributed by atoms with Gasteiger partial charge in [-0.25, -0.2) is 26.3 Å². The van der Waals surface area contributed by atoms with Crippen molar-refractivity contribution < 1.29 is 26.7 Å². The van der Waals surface area contributed by atoms with Gasteiger partial charge in [0.25, 0.3) is 0 Å². The molecule has 1 atom stereocenters. The van der Waals surface area contributed by atoms with Gasteiger partial charge in [-0.1, -0.05) is 0 Å². The molecule has 0 aliphatic carbocycles. The van der Waals surface area contributed by atoms with Gasteiger partial charge in [0.15, 0.2) is 0 Å². The molecule has 1 aromatic rings. The van der Waals surface area contributed by atoms with Crippen molar-refractivity contribution in [3.05, 3.63) is 24.3 Å². The molecule has 0 radical (unpaired) electrons. The van der Waals surface area contributed by atoms with Crippen LogP contribution in [0.15, 0.2) is 34.1 Å². The summed E-state index contributed by atoms with van der Waals surface area (Å²) >= 11 is 0. The van der Waals surface area contributed by atoms with Gasteiger partial charge in [0.1, 0.15) is 6.10 Å². The molecule has 0 saturated carbocycles. The first-order chi connectivity index (χ1) is 9.60. The molecule has 0 spiro atoms. The molecular weight excluding hydrogens is 322 g/mol. The van der Waals surface area contributed by atoms with Crippen molar-refractivity contribution in [3.63, 3.8) is 0 Å². The van der Waals surface area contributed by atoms with E-state index in [4.69, 9.17) is 10.8 Å². The molecule has 0 fully saturated rings. The fourth-order valence-electron chi connectivity index (χ4n) is 1.29. The van der Waals surface area contributed by atoms with Crippen LogP contribution in [-0.4, -0.2) is 47.5 Å². The van der Waals surface area contributed by atoms with Gasteiger partial charge < -0.3 is 10.8 Å². The Bertz CT molecular complexity index is 712. The topological polar surface area (TPSA) is 156 Å². The van der Waals surface area contributed by atoms with E-state index in [0.717, 1.165) is 24.3 Å². The third-order valence-electron chi connectivity index (χ3n) is 2.51. The molecule has 21 heavy (non-hydrogen) atoms. The molecule has 0 bridgehead atoms. The molecule has 1 aromatic carbocycles. The Morgan fingerprint density at radius 1 is 1.14 bits per heavy atom. The van der Waals surface area contributed by atoms with E-state index in [1.165, 1.54) is 7.05 Å². The molecule has 1 amide bonds. The van der Waals surface area contributed by atoms with Crippen molar-refractivity contribution in [1.82, 2.24) is 9.44 Å². The Hall–Kier alpha value is -1.53. The van der Waals surface area contributed by atoms with Crippen LogP contribution in [0.4, 0.5) is 0 Å². The third-order valence-corrected chi connectivity index (χ3v) is 5.38. The minimum absolute atomic E-state index is 0.0962. The van der Waals surface area contributed by atoms with Crippen LogP contribution in [0.3, 0.4) is 0 Å². The van der Waals surface area contributed by atoms with Crippen LogP contribution in [0.1, 0.15) is 0 Å². The summed E-state index contributed by atoms with van der Waals surface area (Å²) in [7, 11) is -6.43. The maximum absolute atomic E-state index is 11.9. The average Bonchev–Trinajstić information content (AvgIpc) is 2.44. The molecule has 1 unspecified atom stereocenters. The van der Waals surface area contributed by atoms with Gasteiger partial charge in [-0.05, 0) is 31.3 Å². The van der Waals surface area contributed by atoms with Gasteiger partial charge in [0.2, 0.25) is 26.0 Å². The molecule has 0 heterocycles. The summed E-state index contributed by atoms with van der Waals surface area (Å²) in [6.07, 6.45) is -1.65. The maximum atomic E-state index is 11.9. The summed E-state index contributed by atoms with van der Waals surface area (Å²) in [5.41, 5.74) is 4.79. The molecule has 5 N–H and O–H groups in total. The largest absolute Gasteiger partial charge is 0.382 e. The molecule has 1 rings (SSSR count). The number of aliphatic hydroxyl groups is 1. The number of aliphatic hydroxyl groups excluding tert-OH is 1. The van der Waals surface area contributed by atoms with E-state index in [9.17, 15) is 21.6 Å². The van der Waals surface area contributed by atoms with Crippen LogP contribution in [-0.2, 0) is 24.8 Å². The highest BCUT2D eigenvalue weighted by Gasteiger charge is 2.19. The molecule has 0 saturated heterocycles. The van der Waals surface area contributed by atoms with Gasteiger partial charge in [-0.15, -0.1) is 0 Å². The number of nitrogens with one attached hydrogen (secondary N) is 2. The first-order valence-electron chi connectivity index (χ1n) is 5.61. The zero-order valence-corrected chi connectivity index (χ0v) is 12.6. The number of hydrogen-bond donors (Lipinski definition) is 4. The van der Waals surface area contributed by atoms with E-state index in [1.54, 1.807) is 0 Å². The number of hydrogen-bond acceptors (Lipinski definition) is 6. The molecule has 0 aliphatic rings. The lowest BCUT2D eigenvalue weighted by Crippen LogP contribution is -2.39. The third kappa shape index (κ3) is 4.47. The Morgan fingerprint density at radius 3 is 1.95 bits per heavy atom. The second-order valence-corrected chi connectivity index (χ2v) is 7.60. The minimum Gasteiger partial charge on any atom is -0.382 e. The first-order valence-corrected chi connectivity index (χ1v) is 8.57. The highest BCUT2D eigenvalue weighted by molar-refractivity contribution is 7.90. The van der Waals surface area contributed by atoms with Crippen molar-refractivity contribution >= 4 is 26.0 Å². The maximum Gasteiger partial charge on any atom is 0.247 e. The number of primary amides is 1. The van der Waals surface area contributed by atoms with Crippen LogP contribution < -0.4 is 15.2 Å². The predicted octanol–water partition coefficient (Wildman–Crippen LogP) is -2.28. The Labute approximate surface area is 122 Å². The van der Waals surface area contributed by atoms with Crippen LogP contribution in [0.2, 0.25) is 0 Å². The lowest BCUT2D eigenvalue weighted by atomic mass is 10.3. The average molecular weight is 337 g/mol.